The average Bonchev–Trinajstić information content (AvgIpc) is 1.39. The minimum Gasteiger partial charge on any atom is -0.412 e. The van der Waals surface area contributed by atoms with Crippen molar-refractivity contribution in [1.82, 2.24) is 0 Å². The predicted molar refractivity (Wildman–Crippen MR) is 38.5 cm³/mol. The second-order valence-electron chi connectivity index (χ2n) is 1.15. The van der Waals surface area contributed by atoms with Gasteiger partial charge in [0.15, 0.2) is 0 Å². The summed E-state index contributed by atoms with van der Waals surface area (Å²) >= 11 is 0. The van der Waals surface area contributed by atoms with E-state index in [1.807, 2.05) is 40.5 Å². The SMILES string of the molecule is C[CH-]C.C[CH-]C.O.O.[Zr+2]. The fourth-order valence-electron chi connectivity index (χ4n) is 0. The molecule has 0 radical (unpaired) electrons. The molecule has 0 aliphatic carbocycles. The molecule has 0 fully saturated rings. The monoisotopic (exact) mass is 212 g/mol. The zero-order valence-corrected chi connectivity index (χ0v) is 9.11. The standard InChI is InChI=1S/2C3H7.2H2O.Zr/c2*1-3-2;;;/h2*3H,1-2H3;2*1H2;/q2*-1;;;+2. The van der Waals surface area contributed by atoms with Gasteiger partial charge in [0.1, 0.15) is 0 Å². The molecule has 0 rings (SSSR count). The average molecular weight is 213 g/mol. The first-order chi connectivity index (χ1) is 2.83. The zero-order valence-electron chi connectivity index (χ0n) is 6.65. The second kappa shape index (κ2) is 68.2. The smallest absolute Gasteiger partial charge is 0.412 e. The molecule has 0 atom stereocenters. The van der Waals surface area contributed by atoms with E-state index < -0.39 is 0 Å². The number of hydrogen-bond donors (Lipinski definition) is 0. The van der Waals surface area contributed by atoms with Gasteiger partial charge in [-0.15, -0.1) is 0 Å². The summed E-state index contributed by atoms with van der Waals surface area (Å²) in [4.78, 5) is 0. The summed E-state index contributed by atoms with van der Waals surface area (Å²) in [5.74, 6) is 0. The third kappa shape index (κ3) is 632. The third-order valence-corrected chi connectivity index (χ3v) is 0. The molecule has 2 nitrogen and oxygen atoms in total. The third-order valence-electron chi connectivity index (χ3n) is 0. The van der Waals surface area contributed by atoms with E-state index in [2.05, 4.69) is 0 Å². The van der Waals surface area contributed by atoms with Crippen LogP contribution in [0.4, 0.5) is 0 Å². The van der Waals surface area contributed by atoms with Crippen LogP contribution in [0.3, 0.4) is 0 Å². The summed E-state index contributed by atoms with van der Waals surface area (Å²) in [7, 11) is 0. The van der Waals surface area contributed by atoms with Crippen molar-refractivity contribution in [2.24, 2.45) is 0 Å². The first-order valence-electron chi connectivity index (χ1n) is 2.31. The van der Waals surface area contributed by atoms with Crippen LogP contribution < -0.4 is 0 Å². The summed E-state index contributed by atoms with van der Waals surface area (Å²) in [5, 5.41) is 0. The van der Waals surface area contributed by atoms with Crippen LogP contribution in [0.1, 0.15) is 27.7 Å². The molecule has 9 heavy (non-hydrogen) atoms. The minimum absolute atomic E-state index is 0. The Hall–Kier alpha value is 0.803. The largest absolute Gasteiger partial charge is 2.00 e. The van der Waals surface area contributed by atoms with Crippen LogP contribution >= 0.6 is 0 Å². The van der Waals surface area contributed by atoms with Crippen LogP contribution in [-0.4, -0.2) is 11.0 Å². The Morgan fingerprint density at radius 1 is 0.667 bits per heavy atom. The Morgan fingerprint density at radius 3 is 0.667 bits per heavy atom. The van der Waals surface area contributed by atoms with E-state index in [1.54, 1.807) is 0 Å². The van der Waals surface area contributed by atoms with E-state index in [4.69, 9.17) is 0 Å². The van der Waals surface area contributed by atoms with Crippen molar-refractivity contribution in [3.8, 4) is 0 Å². The molecule has 0 aliphatic rings. The van der Waals surface area contributed by atoms with Gasteiger partial charge >= 0.3 is 26.2 Å². The maximum Gasteiger partial charge on any atom is 2.00 e. The quantitative estimate of drug-likeness (QED) is 0.535. The van der Waals surface area contributed by atoms with Crippen LogP contribution in [0.5, 0.6) is 0 Å². The molecule has 3 heteroatoms. The molecule has 0 saturated heterocycles. The van der Waals surface area contributed by atoms with Crippen molar-refractivity contribution in [3.05, 3.63) is 12.8 Å². The Labute approximate surface area is 77.8 Å². The summed E-state index contributed by atoms with van der Waals surface area (Å²) in [6, 6.07) is 0. The number of hydrogen-bond acceptors (Lipinski definition) is 0. The van der Waals surface area contributed by atoms with Crippen molar-refractivity contribution < 1.29 is 37.2 Å². The summed E-state index contributed by atoms with van der Waals surface area (Å²) in [6.45, 7) is 8.00. The van der Waals surface area contributed by atoms with Crippen LogP contribution in [0.15, 0.2) is 0 Å². The normalized spacial score (nSPS) is 4.00. The summed E-state index contributed by atoms with van der Waals surface area (Å²) in [6.07, 6.45) is 4.00. The van der Waals surface area contributed by atoms with Gasteiger partial charge in [-0.05, 0) is 0 Å². The van der Waals surface area contributed by atoms with Crippen molar-refractivity contribution in [2.45, 2.75) is 27.7 Å². The van der Waals surface area contributed by atoms with Gasteiger partial charge in [-0.1, -0.05) is 0 Å². The molecule has 0 aromatic rings. The van der Waals surface area contributed by atoms with Crippen LogP contribution in [0.2, 0.25) is 0 Å². The first kappa shape index (κ1) is 32.9. The van der Waals surface area contributed by atoms with Gasteiger partial charge in [0.25, 0.3) is 0 Å². The molecule has 0 heterocycles. The Balaban J connectivity index is -0.00000000889. The zero-order chi connectivity index (χ0) is 5.41. The van der Waals surface area contributed by atoms with Gasteiger partial charge in [0, 0.05) is 0 Å². The molecule has 58 valence electrons. The van der Waals surface area contributed by atoms with E-state index in [0.29, 0.717) is 0 Å². The van der Waals surface area contributed by atoms with Crippen LogP contribution in [0, 0.1) is 12.8 Å². The molecule has 0 saturated carbocycles. The molecule has 4 N–H and O–H groups in total. The van der Waals surface area contributed by atoms with Gasteiger partial charge in [0.05, 0.1) is 0 Å². The fraction of sp³-hybridized carbons (Fsp3) is 0.667. The molecule has 0 aromatic heterocycles. The maximum absolute atomic E-state index is 2.00. The number of rotatable bonds is 0. The van der Waals surface area contributed by atoms with E-state index in [0.717, 1.165) is 0 Å². The van der Waals surface area contributed by atoms with E-state index in [1.165, 1.54) is 0 Å². The fourth-order valence-corrected chi connectivity index (χ4v) is 0. The molecule has 0 aliphatic heterocycles. The second-order valence-corrected chi connectivity index (χ2v) is 1.15. The summed E-state index contributed by atoms with van der Waals surface area (Å²) in [5.41, 5.74) is 0. The van der Waals surface area contributed by atoms with Gasteiger partial charge in [-0.2, -0.15) is 27.7 Å². The molecular formula is C6H18O2Zr. The maximum atomic E-state index is 2.00. The van der Waals surface area contributed by atoms with Crippen molar-refractivity contribution in [1.29, 1.82) is 0 Å². The molecule has 0 bridgehead atoms. The van der Waals surface area contributed by atoms with Crippen molar-refractivity contribution >= 4 is 0 Å². The van der Waals surface area contributed by atoms with Crippen LogP contribution in [-0.2, 0) is 26.2 Å². The molecule has 0 aromatic carbocycles. The Kier molecular flexibility index (Phi) is 250. The van der Waals surface area contributed by atoms with Crippen LogP contribution in [0.25, 0.3) is 0 Å². The van der Waals surface area contributed by atoms with E-state index in [-0.39, 0.29) is 37.2 Å². The minimum atomic E-state index is 0. The van der Waals surface area contributed by atoms with Gasteiger partial charge in [0.2, 0.25) is 0 Å². The molecular weight excluding hydrogens is 195 g/mol. The van der Waals surface area contributed by atoms with E-state index >= 15 is 0 Å². The molecule has 0 unspecified atom stereocenters. The van der Waals surface area contributed by atoms with Gasteiger partial charge < -0.3 is 23.8 Å². The van der Waals surface area contributed by atoms with Crippen molar-refractivity contribution in [2.75, 3.05) is 0 Å². The van der Waals surface area contributed by atoms with Crippen molar-refractivity contribution in [3.63, 3.8) is 0 Å². The Bertz CT molecular complexity index is 13.0. The molecule has 0 spiro atoms. The summed E-state index contributed by atoms with van der Waals surface area (Å²) < 4.78 is 0. The molecule has 0 amide bonds. The first-order valence-corrected chi connectivity index (χ1v) is 2.31. The Morgan fingerprint density at radius 2 is 0.667 bits per heavy atom. The predicted octanol–water partition coefficient (Wildman–Crippen LogP) is 0.809. The van der Waals surface area contributed by atoms with Gasteiger partial charge in [-0.25, -0.2) is 0 Å². The van der Waals surface area contributed by atoms with Gasteiger partial charge in [-0.3, -0.25) is 0 Å². The van der Waals surface area contributed by atoms with E-state index in [9.17, 15) is 0 Å². The topological polar surface area (TPSA) is 63.0 Å².